The number of amides is 1. The van der Waals surface area contributed by atoms with Crippen molar-refractivity contribution in [3.63, 3.8) is 0 Å². The molecule has 3 aromatic carbocycles. The van der Waals surface area contributed by atoms with Crippen molar-refractivity contribution in [3.8, 4) is 11.5 Å². The maximum absolute atomic E-state index is 12.7. The SMILES string of the molecule is O=C1C[C@@H](c2ccc3c(c2)OCO3)c2cn(Cc3ccccc3)c3cccc(c23)N1. The predicted molar refractivity (Wildman–Crippen MR) is 115 cm³/mol. The van der Waals surface area contributed by atoms with Gasteiger partial charge in [0.15, 0.2) is 11.5 Å². The molecule has 1 N–H and O–H groups in total. The van der Waals surface area contributed by atoms with Crippen molar-refractivity contribution >= 4 is 22.5 Å². The van der Waals surface area contributed by atoms with Gasteiger partial charge in [0.1, 0.15) is 0 Å². The van der Waals surface area contributed by atoms with E-state index >= 15 is 0 Å². The van der Waals surface area contributed by atoms with Gasteiger partial charge < -0.3 is 19.4 Å². The van der Waals surface area contributed by atoms with Gasteiger partial charge in [-0.1, -0.05) is 42.5 Å². The summed E-state index contributed by atoms with van der Waals surface area (Å²) in [6.45, 7) is 1.02. The quantitative estimate of drug-likeness (QED) is 0.536. The first kappa shape index (κ1) is 17.2. The first-order valence-corrected chi connectivity index (χ1v) is 10.1. The minimum atomic E-state index is -0.0531. The van der Waals surface area contributed by atoms with Crippen LogP contribution >= 0.6 is 0 Å². The summed E-state index contributed by atoms with van der Waals surface area (Å²) in [7, 11) is 0. The largest absolute Gasteiger partial charge is 0.454 e. The summed E-state index contributed by atoms with van der Waals surface area (Å²) in [4.78, 5) is 12.7. The molecule has 1 amide bonds. The highest BCUT2D eigenvalue weighted by Gasteiger charge is 2.29. The summed E-state index contributed by atoms with van der Waals surface area (Å²) in [5.41, 5.74) is 5.47. The summed E-state index contributed by atoms with van der Waals surface area (Å²) in [6, 6.07) is 22.5. The molecule has 0 unspecified atom stereocenters. The smallest absolute Gasteiger partial charge is 0.231 e. The Morgan fingerprint density at radius 3 is 2.73 bits per heavy atom. The van der Waals surface area contributed by atoms with Gasteiger partial charge in [0.05, 0.1) is 11.2 Å². The Morgan fingerprint density at radius 1 is 0.967 bits per heavy atom. The van der Waals surface area contributed by atoms with Crippen LogP contribution in [0.25, 0.3) is 10.9 Å². The lowest BCUT2D eigenvalue weighted by atomic mass is 9.88. The molecule has 4 aromatic rings. The third-order valence-electron chi connectivity index (χ3n) is 5.97. The lowest BCUT2D eigenvalue weighted by Crippen LogP contribution is -2.14. The van der Waals surface area contributed by atoms with E-state index in [9.17, 15) is 4.79 Å². The molecular weight excluding hydrogens is 376 g/mol. The van der Waals surface area contributed by atoms with Crippen LogP contribution in [0.5, 0.6) is 11.5 Å². The van der Waals surface area contributed by atoms with Crippen LogP contribution in [0.2, 0.25) is 0 Å². The molecule has 1 atom stereocenters. The van der Waals surface area contributed by atoms with Crippen molar-refractivity contribution in [2.45, 2.75) is 18.9 Å². The monoisotopic (exact) mass is 396 g/mol. The van der Waals surface area contributed by atoms with Crippen molar-refractivity contribution in [3.05, 3.63) is 89.6 Å². The molecule has 1 aromatic heterocycles. The number of fused-ring (bicyclic) bond motifs is 1. The van der Waals surface area contributed by atoms with Crippen molar-refractivity contribution in [1.82, 2.24) is 4.57 Å². The molecule has 0 radical (unpaired) electrons. The average Bonchev–Trinajstić information content (AvgIpc) is 3.34. The molecule has 148 valence electrons. The van der Waals surface area contributed by atoms with Crippen LogP contribution < -0.4 is 14.8 Å². The number of ether oxygens (including phenoxy) is 2. The van der Waals surface area contributed by atoms with E-state index in [0.29, 0.717) is 6.42 Å². The highest BCUT2D eigenvalue weighted by molar-refractivity contribution is 6.06. The van der Waals surface area contributed by atoms with Gasteiger partial charge in [-0.25, -0.2) is 0 Å². The normalized spacial score (nSPS) is 17.1. The molecule has 0 saturated carbocycles. The lowest BCUT2D eigenvalue weighted by Gasteiger charge is -2.15. The van der Waals surface area contributed by atoms with E-state index < -0.39 is 0 Å². The van der Waals surface area contributed by atoms with Crippen molar-refractivity contribution < 1.29 is 14.3 Å². The Hall–Kier alpha value is -3.73. The number of anilines is 1. The number of nitrogens with one attached hydrogen (secondary N) is 1. The van der Waals surface area contributed by atoms with E-state index in [1.165, 1.54) is 5.56 Å². The van der Waals surface area contributed by atoms with Crippen molar-refractivity contribution in [1.29, 1.82) is 0 Å². The third-order valence-corrected chi connectivity index (χ3v) is 5.97. The Kier molecular flexibility index (Phi) is 3.81. The first-order valence-electron chi connectivity index (χ1n) is 10.1. The number of nitrogens with zero attached hydrogens (tertiary/aromatic N) is 1. The maximum atomic E-state index is 12.7. The fraction of sp³-hybridized carbons (Fsp3) is 0.160. The zero-order valence-electron chi connectivity index (χ0n) is 16.3. The second-order valence-corrected chi connectivity index (χ2v) is 7.82. The van der Waals surface area contributed by atoms with Crippen LogP contribution in [-0.4, -0.2) is 17.3 Å². The number of carbonyl (C=O) groups is 1. The Morgan fingerprint density at radius 2 is 1.83 bits per heavy atom. The van der Waals surface area contributed by atoms with Crippen LogP contribution in [-0.2, 0) is 11.3 Å². The first-order chi connectivity index (χ1) is 14.8. The molecule has 2 aliphatic heterocycles. The molecule has 0 aliphatic carbocycles. The Bertz CT molecular complexity index is 1280. The average molecular weight is 396 g/mol. The molecule has 0 saturated heterocycles. The van der Waals surface area contributed by atoms with Gasteiger partial charge in [0.2, 0.25) is 12.7 Å². The number of hydrogen-bond donors (Lipinski definition) is 1. The molecule has 0 bridgehead atoms. The molecule has 5 heteroatoms. The molecule has 0 fully saturated rings. The number of rotatable bonds is 3. The van der Waals surface area contributed by atoms with Crippen LogP contribution in [0.4, 0.5) is 5.69 Å². The predicted octanol–water partition coefficient (Wildman–Crippen LogP) is 4.89. The summed E-state index contributed by atoms with van der Waals surface area (Å²) in [5.74, 6) is 1.47. The number of carbonyl (C=O) groups excluding carboxylic acids is 1. The third kappa shape index (κ3) is 2.74. The van der Waals surface area contributed by atoms with Crippen LogP contribution in [0, 0.1) is 0 Å². The number of hydrogen-bond acceptors (Lipinski definition) is 3. The van der Waals surface area contributed by atoms with Crippen molar-refractivity contribution in [2.24, 2.45) is 0 Å². The zero-order valence-corrected chi connectivity index (χ0v) is 16.3. The van der Waals surface area contributed by atoms with E-state index in [0.717, 1.165) is 45.8 Å². The van der Waals surface area contributed by atoms with Gasteiger partial charge in [-0.2, -0.15) is 0 Å². The second-order valence-electron chi connectivity index (χ2n) is 7.82. The summed E-state index contributed by atoms with van der Waals surface area (Å²) < 4.78 is 13.3. The van der Waals surface area contributed by atoms with Gasteiger partial charge in [0.25, 0.3) is 0 Å². The number of aromatic nitrogens is 1. The van der Waals surface area contributed by atoms with E-state index in [2.05, 4.69) is 46.4 Å². The summed E-state index contributed by atoms with van der Waals surface area (Å²) in [5, 5.41) is 4.22. The summed E-state index contributed by atoms with van der Waals surface area (Å²) in [6.07, 6.45) is 2.59. The van der Waals surface area contributed by atoms with Gasteiger partial charge in [-0.3, -0.25) is 4.79 Å². The topological polar surface area (TPSA) is 52.5 Å². The minimum absolute atomic E-state index is 0.0241. The molecule has 6 rings (SSSR count). The number of benzene rings is 3. The maximum Gasteiger partial charge on any atom is 0.231 e. The Balaban J connectivity index is 1.52. The van der Waals surface area contributed by atoms with Crippen molar-refractivity contribution in [2.75, 3.05) is 12.1 Å². The van der Waals surface area contributed by atoms with Crippen LogP contribution in [0.1, 0.15) is 29.0 Å². The molecule has 3 heterocycles. The van der Waals surface area contributed by atoms with E-state index in [1.54, 1.807) is 0 Å². The molecule has 30 heavy (non-hydrogen) atoms. The Labute approximate surface area is 173 Å². The highest BCUT2D eigenvalue weighted by Crippen LogP contribution is 2.43. The van der Waals surface area contributed by atoms with Crippen LogP contribution in [0.15, 0.2) is 72.9 Å². The lowest BCUT2D eigenvalue weighted by molar-refractivity contribution is -0.116. The molecule has 5 nitrogen and oxygen atoms in total. The van der Waals surface area contributed by atoms with E-state index in [4.69, 9.17) is 9.47 Å². The van der Waals surface area contributed by atoms with E-state index in [1.807, 2.05) is 36.4 Å². The minimum Gasteiger partial charge on any atom is -0.454 e. The fourth-order valence-electron chi connectivity index (χ4n) is 4.59. The molecule has 2 aliphatic rings. The molecule has 0 spiro atoms. The second kappa shape index (κ2) is 6.66. The van der Waals surface area contributed by atoms with Gasteiger partial charge in [-0.15, -0.1) is 0 Å². The van der Waals surface area contributed by atoms with Gasteiger partial charge in [-0.05, 0) is 41.0 Å². The zero-order chi connectivity index (χ0) is 20.1. The standard InChI is InChI=1S/C25H20N2O3/c28-24-12-18(17-9-10-22-23(11-17)30-15-29-22)19-14-27(13-16-5-2-1-3-6-16)21-8-4-7-20(26-24)25(19)21/h1-11,14,18H,12-13,15H2,(H,26,28)/t18-/m0/s1. The van der Waals surface area contributed by atoms with E-state index in [-0.39, 0.29) is 18.6 Å². The fourth-order valence-corrected chi connectivity index (χ4v) is 4.59. The van der Waals surface area contributed by atoms with Gasteiger partial charge >= 0.3 is 0 Å². The summed E-state index contributed by atoms with van der Waals surface area (Å²) >= 11 is 0. The molecular formula is C25H20N2O3. The van der Waals surface area contributed by atoms with Gasteiger partial charge in [0, 0.05) is 30.5 Å². The highest BCUT2D eigenvalue weighted by atomic mass is 16.7. The van der Waals surface area contributed by atoms with Crippen LogP contribution in [0.3, 0.4) is 0 Å².